The first-order valence-electron chi connectivity index (χ1n) is 16.0. The average molecular weight is 668 g/mol. The van der Waals surface area contributed by atoms with Gasteiger partial charge in [-0.3, -0.25) is 14.4 Å². The Kier molecular flexibility index (Phi) is 7.18. The first kappa shape index (κ1) is 30.6. The van der Waals surface area contributed by atoms with Crippen molar-refractivity contribution in [3.05, 3.63) is 100 Å². The van der Waals surface area contributed by atoms with Crippen LogP contribution in [-0.4, -0.2) is 59.7 Å². The molecule has 11 heteroatoms. The number of hydrogen-bond donors (Lipinski definition) is 1. The van der Waals surface area contributed by atoms with Crippen LogP contribution >= 0.6 is 11.3 Å². The Morgan fingerprint density at radius 3 is 2.57 bits per heavy atom. The molecular formula is C38H33N7O3S. The van der Waals surface area contributed by atoms with Gasteiger partial charge in [0.1, 0.15) is 17.6 Å². The third kappa shape index (κ3) is 4.91. The minimum absolute atomic E-state index is 0.00533. The zero-order chi connectivity index (χ0) is 34.0. The second-order valence-corrected chi connectivity index (χ2v) is 13.8. The van der Waals surface area contributed by atoms with E-state index < -0.39 is 11.5 Å². The molecule has 2 aromatic heterocycles. The van der Waals surface area contributed by atoms with Crippen molar-refractivity contribution >= 4 is 63.3 Å². The lowest BCUT2D eigenvalue weighted by Crippen LogP contribution is -2.59. The predicted molar refractivity (Wildman–Crippen MR) is 193 cm³/mol. The monoisotopic (exact) mass is 667 g/mol. The summed E-state index contributed by atoms with van der Waals surface area (Å²) in [6, 6.07) is 19.7. The van der Waals surface area contributed by atoms with E-state index in [1.54, 1.807) is 12.3 Å². The van der Waals surface area contributed by atoms with Crippen LogP contribution in [0, 0.1) is 5.92 Å². The van der Waals surface area contributed by atoms with E-state index in [4.69, 9.17) is 0 Å². The fourth-order valence-electron chi connectivity index (χ4n) is 7.23. The number of anilines is 4. The lowest BCUT2D eigenvalue weighted by Gasteiger charge is -2.42. The molecule has 5 aromatic rings. The summed E-state index contributed by atoms with van der Waals surface area (Å²) in [7, 11) is 3.99. The summed E-state index contributed by atoms with van der Waals surface area (Å²) in [6.45, 7) is 4.05. The van der Waals surface area contributed by atoms with Crippen LogP contribution in [0.3, 0.4) is 0 Å². The van der Waals surface area contributed by atoms with Crippen LogP contribution in [-0.2, 0) is 15.1 Å². The van der Waals surface area contributed by atoms with Gasteiger partial charge in [-0.25, -0.2) is 15.0 Å². The van der Waals surface area contributed by atoms with Gasteiger partial charge in [0, 0.05) is 42.2 Å². The topological polar surface area (TPSA) is 112 Å². The predicted octanol–water partition coefficient (Wildman–Crippen LogP) is 4.45. The van der Waals surface area contributed by atoms with Gasteiger partial charge in [-0.15, -0.1) is 11.3 Å². The van der Waals surface area contributed by atoms with Crippen molar-refractivity contribution in [2.75, 3.05) is 47.3 Å². The Morgan fingerprint density at radius 1 is 1.02 bits per heavy atom. The van der Waals surface area contributed by atoms with Gasteiger partial charge in [-0.05, 0) is 52.3 Å². The van der Waals surface area contributed by atoms with Gasteiger partial charge in [0.2, 0.25) is 5.91 Å². The molecule has 10 nitrogen and oxygen atoms in total. The number of thiazole rings is 1. The highest BCUT2D eigenvalue weighted by atomic mass is 32.1. The summed E-state index contributed by atoms with van der Waals surface area (Å²) in [4.78, 5) is 60.4. The molecule has 3 heterocycles. The van der Waals surface area contributed by atoms with E-state index >= 15 is 0 Å². The standard InChI is InChI=1S/C38H33N7O3S/c1-22-15-29-28-16-33(46)27-8-6-5-7-25(27)26(28)13-14-30(29)38(2,35(22)48)45-21-44(32-17-39-20-40-36(32)45)18-34(47)42-37-41-31(19-49-37)23-9-11-24(12-10-23)43(3)4/h5-17,19-20,22H,18,21H2,1-4H3,(H,41,42,47). The van der Waals surface area contributed by atoms with Crippen LogP contribution in [0.15, 0.2) is 78.6 Å². The zero-order valence-corrected chi connectivity index (χ0v) is 28.3. The van der Waals surface area contributed by atoms with Crippen molar-refractivity contribution < 1.29 is 14.4 Å². The van der Waals surface area contributed by atoms with E-state index in [-0.39, 0.29) is 30.7 Å². The largest absolute Gasteiger partial charge is 0.378 e. The number of nitrogens with zero attached hydrogens (tertiary/aromatic N) is 6. The molecule has 0 saturated heterocycles. The van der Waals surface area contributed by atoms with Crippen LogP contribution in [0.25, 0.3) is 34.5 Å². The van der Waals surface area contributed by atoms with Crippen molar-refractivity contribution in [2.24, 2.45) is 5.92 Å². The van der Waals surface area contributed by atoms with Gasteiger partial charge in [-0.2, -0.15) is 0 Å². The number of aromatic nitrogens is 3. The van der Waals surface area contributed by atoms with Gasteiger partial charge < -0.3 is 20.0 Å². The molecule has 3 aromatic carbocycles. The molecular weight excluding hydrogens is 635 g/mol. The minimum Gasteiger partial charge on any atom is -0.378 e. The number of carbonyl (C=O) groups excluding carboxylic acids is 3. The fraction of sp³-hybridized carbons (Fsp3) is 0.211. The second-order valence-electron chi connectivity index (χ2n) is 13.0. The summed E-state index contributed by atoms with van der Waals surface area (Å²) in [6.07, 6.45) is 6.80. The number of hydrogen-bond acceptors (Lipinski definition) is 10. The highest BCUT2D eigenvalue weighted by Crippen LogP contribution is 2.44. The Morgan fingerprint density at radius 2 is 1.80 bits per heavy atom. The normalized spacial score (nSPS) is 18.9. The van der Waals surface area contributed by atoms with Crippen molar-refractivity contribution in [1.29, 1.82) is 0 Å². The van der Waals surface area contributed by atoms with Crippen LogP contribution in [0.2, 0.25) is 0 Å². The summed E-state index contributed by atoms with van der Waals surface area (Å²) >= 11 is 1.37. The lowest BCUT2D eigenvalue weighted by molar-refractivity contribution is -0.126. The first-order chi connectivity index (χ1) is 23.6. The number of benzene rings is 3. The van der Waals surface area contributed by atoms with Gasteiger partial charge in [0.05, 0.1) is 25.1 Å². The van der Waals surface area contributed by atoms with Gasteiger partial charge in [0.25, 0.3) is 0 Å². The minimum atomic E-state index is -1.13. The zero-order valence-electron chi connectivity index (χ0n) is 27.5. The highest BCUT2D eigenvalue weighted by Gasteiger charge is 2.50. The number of carbonyl (C=O) groups is 3. The van der Waals surface area contributed by atoms with Gasteiger partial charge in [0.15, 0.2) is 22.5 Å². The smallest absolute Gasteiger partial charge is 0.245 e. The Bertz CT molecular complexity index is 2320. The highest BCUT2D eigenvalue weighted by molar-refractivity contribution is 7.14. The third-order valence-electron chi connectivity index (χ3n) is 9.77. The van der Waals surface area contributed by atoms with Crippen molar-refractivity contribution in [2.45, 2.75) is 19.4 Å². The molecule has 0 radical (unpaired) electrons. The van der Waals surface area contributed by atoms with E-state index in [0.29, 0.717) is 22.2 Å². The molecule has 3 aliphatic rings. The maximum atomic E-state index is 14.3. The molecule has 244 valence electrons. The summed E-state index contributed by atoms with van der Waals surface area (Å²) in [5.74, 6) is -0.150. The number of ketones is 2. The van der Waals surface area contributed by atoms with Crippen LogP contribution in [0.5, 0.6) is 0 Å². The molecule has 2 unspecified atom stereocenters. The van der Waals surface area contributed by atoms with Crippen LogP contribution in [0.4, 0.5) is 22.3 Å². The van der Waals surface area contributed by atoms with E-state index in [1.807, 2.05) is 115 Å². The van der Waals surface area contributed by atoms with Crippen molar-refractivity contribution in [3.63, 3.8) is 0 Å². The van der Waals surface area contributed by atoms with Gasteiger partial charge in [-0.1, -0.05) is 61.5 Å². The Hall–Kier alpha value is -5.68. The molecule has 49 heavy (non-hydrogen) atoms. The Labute approximate surface area is 287 Å². The van der Waals surface area contributed by atoms with Gasteiger partial charge >= 0.3 is 0 Å². The fourth-order valence-corrected chi connectivity index (χ4v) is 7.96. The average Bonchev–Trinajstić information content (AvgIpc) is 3.72. The number of fused-ring (bicyclic) bond motifs is 6. The van der Waals surface area contributed by atoms with E-state index in [0.717, 1.165) is 44.1 Å². The Balaban J connectivity index is 1.09. The van der Waals surface area contributed by atoms with E-state index in [9.17, 15) is 14.4 Å². The molecule has 1 N–H and O–H groups in total. The summed E-state index contributed by atoms with van der Waals surface area (Å²) in [5.41, 5.74) is 5.69. The lowest BCUT2D eigenvalue weighted by atomic mass is 9.73. The van der Waals surface area contributed by atoms with Crippen molar-refractivity contribution in [3.8, 4) is 22.4 Å². The van der Waals surface area contributed by atoms with Crippen LogP contribution in [0.1, 0.15) is 29.8 Å². The van der Waals surface area contributed by atoms with E-state index in [1.165, 1.54) is 17.7 Å². The molecule has 2 atom stereocenters. The maximum absolute atomic E-state index is 14.3. The number of amides is 1. The van der Waals surface area contributed by atoms with Crippen LogP contribution < -0.4 is 30.5 Å². The molecule has 1 amide bonds. The SMILES string of the molecule is CC1C=c2c(ccc3c2=CC(=O)c2ccccc2-3)C(C)(N2CN(CC(=O)Nc3nc(-c4ccc(N(C)C)cc4)cs3)c3cncnc32)C1=O. The second kappa shape index (κ2) is 11.5. The number of Topliss-reactive ketones (excluding diaryl/α,β-unsaturated/α-hetero) is 2. The summed E-state index contributed by atoms with van der Waals surface area (Å²) < 4.78 is 0. The molecule has 2 aliphatic carbocycles. The van der Waals surface area contributed by atoms with E-state index in [2.05, 4.69) is 20.3 Å². The molecule has 8 rings (SSSR count). The molecule has 0 fully saturated rings. The number of rotatable bonds is 6. The molecule has 0 saturated carbocycles. The maximum Gasteiger partial charge on any atom is 0.245 e. The third-order valence-corrected chi connectivity index (χ3v) is 10.5. The summed E-state index contributed by atoms with van der Waals surface area (Å²) in [5, 5.41) is 7.07. The number of nitrogens with one attached hydrogen (secondary N) is 1. The molecule has 1 aliphatic heterocycles. The molecule has 0 bridgehead atoms. The van der Waals surface area contributed by atoms with Crippen molar-refractivity contribution in [1.82, 2.24) is 15.0 Å². The quantitative estimate of drug-likeness (QED) is 0.281. The molecule has 0 spiro atoms. The first-order valence-corrected chi connectivity index (χ1v) is 16.9.